The standard InChI is InChI=1S/C29H30N4O2/c1-19(2)33-28-25(18-30-33)24(17-26(31-28)23-12-8-7-9-20(23)3)29(35)32-15-13-22(14-16-32)27(34)21-10-5-4-6-11-21/h4-12,17-19,22H,13-16H2,1-3H3. The summed E-state index contributed by atoms with van der Waals surface area (Å²) < 4.78 is 1.87. The first kappa shape index (κ1) is 23.0. The Hall–Kier alpha value is -3.80. The van der Waals surface area contributed by atoms with Gasteiger partial charge in [-0.3, -0.25) is 9.59 Å². The Morgan fingerprint density at radius 1 is 0.971 bits per heavy atom. The lowest BCUT2D eigenvalue weighted by Crippen LogP contribution is -2.40. The third-order valence-electron chi connectivity index (χ3n) is 6.92. The molecule has 0 atom stereocenters. The summed E-state index contributed by atoms with van der Waals surface area (Å²) in [5, 5.41) is 5.31. The number of fused-ring (bicyclic) bond motifs is 1. The van der Waals surface area contributed by atoms with Crippen molar-refractivity contribution in [2.45, 2.75) is 39.7 Å². The van der Waals surface area contributed by atoms with Crippen molar-refractivity contribution in [3.63, 3.8) is 0 Å². The summed E-state index contributed by atoms with van der Waals surface area (Å²) in [6.45, 7) is 7.29. The average molecular weight is 467 g/mol. The third kappa shape index (κ3) is 4.36. The first-order chi connectivity index (χ1) is 16.9. The summed E-state index contributed by atoms with van der Waals surface area (Å²) in [5.41, 5.74) is 4.97. The molecule has 0 saturated carbocycles. The van der Waals surface area contributed by atoms with Crippen molar-refractivity contribution in [2.24, 2.45) is 5.92 Å². The zero-order chi connectivity index (χ0) is 24.5. The van der Waals surface area contributed by atoms with Crippen molar-refractivity contribution in [1.29, 1.82) is 0 Å². The predicted molar refractivity (Wildman–Crippen MR) is 137 cm³/mol. The molecule has 35 heavy (non-hydrogen) atoms. The van der Waals surface area contributed by atoms with Crippen LogP contribution < -0.4 is 0 Å². The number of hydrogen-bond acceptors (Lipinski definition) is 4. The fraction of sp³-hybridized carbons (Fsp3) is 0.310. The minimum Gasteiger partial charge on any atom is -0.339 e. The Morgan fingerprint density at radius 2 is 1.66 bits per heavy atom. The number of pyridine rings is 1. The summed E-state index contributed by atoms with van der Waals surface area (Å²) in [5.74, 6) is 0.0929. The molecule has 6 nitrogen and oxygen atoms in total. The maximum Gasteiger partial charge on any atom is 0.254 e. The lowest BCUT2D eigenvalue weighted by atomic mass is 9.88. The minimum atomic E-state index is -0.0508. The largest absolute Gasteiger partial charge is 0.339 e. The molecule has 1 aliphatic rings. The fourth-order valence-corrected chi connectivity index (χ4v) is 4.92. The Bertz CT molecular complexity index is 1380. The molecule has 0 spiro atoms. The number of hydrogen-bond donors (Lipinski definition) is 0. The molecule has 5 rings (SSSR count). The van der Waals surface area contributed by atoms with Crippen LogP contribution in [0.3, 0.4) is 0 Å². The molecule has 6 heteroatoms. The number of rotatable bonds is 5. The van der Waals surface area contributed by atoms with Crippen molar-refractivity contribution in [2.75, 3.05) is 13.1 Å². The predicted octanol–water partition coefficient (Wildman–Crippen LogP) is 5.72. The van der Waals surface area contributed by atoms with E-state index in [9.17, 15) is 9.59 Å². The van der Waals surface area contributed by atoms with Crippen molar-refractivity contribution in [3.8, 4) is 11.3 Å². The quantitative estimate of drug-likeness (QED) is 0.353. The summed E-state index contributed by atoms with van der Waals surface area (Å²) >= 11 is 0. The number of likely N-dealkylation sites (tertiary alicyclic amines) is 1. The molecule has 0 N–H and O–H groups in total. The van der Waals surface area contributed by atoms with Crippen molar-refractivity contribution < 1.29 is 9.59 Å². The van der Waals surface area contributed by atoms with Crippen LogP contribution in [-0.4, -0.2) is 44.4 Å². The van der Waals surface area contributed by atoms with Crippen LogP contribution in [0.1, 0.15) is 59.0 Å². The molecule has 0 radical (unpaired) electrons. The summed E-state index contributed by atoms with van der Waals surface area (Å²) in [4.78, 5) is 33.5. The Labute approximate surface area is 205 Å². The van der Waals surface area contributed by atoms with E-state index in [1.807, 2.05) is 64.2 Å². The van der Waals surface area contributed by atoms with E-state index < -0.39 is 0 Å². The summed E-state index contributed by atoms with van der Waals surface area (Å²) in [6.07, 6.45) is 3.09. The molecule has 0 unspecified atom stereocenters. The summed E-state index contributed by atoms with van der Waals surface area (Å²) in [7, 11) is 0. The average Bonchev–Trinajstić information content (AvgIpc) is 3.33. The molecular weight excluding hydrogens is 436 g/mol. The van der Waals surface area contributed by atoms with Gasteiger partial charge in [0.2, 0.25) is 0 Å². The van der Waals surface area contributed by atoms with Crippen molar-refractivity contribution >= 4 is 22.7 Å². The highest BCUT2D eigenvalue weighted by molar-refractivity contribution is 6.06. The fourth-order valence-electron chi connectivity index (χ4n) is 4.92. The highest BCUT2D eigenvalue weighted by atomic mass is 16.2. The van der Waals surface area contributed by atoms with Crippen LogP contribution >= 0.6 is 0 Å². The minimum absolute atomic E-state index is 0.0267. The molecule has 2 aromatic heterocycles. The molecule has 3 heterocycles. The van der Waals surface area contributed by atoms with Gasteiger partial charge in [-0.25, -0.2) is 9.67 Å². The topological polar surface area (TPSA) is 68.1 Å². The number of amides is 1. The number of nitrogens with zero attached hydrogens (tertiary/aromatic N) is 4. The maximum atomic E-state index is 13.8. The highest BCUT2D eigenvalue weighted by Gasteiger charge is 2.30. The molecule has 1 aliphatic heterocycles. The monoisotopic (exact) mass is 466 g/mol. The van der Waals surface area contributed by atoms with E-state index in [4.69, 9.17) is 4.98 Å². The van der Waals surface area contributed by atoms with Gasteiger partial charge in [0, 0.05) is 36.2 Å². The molecule has 178 valence electrons. The van der Waals surface area contributed by atoms with Gasteiger partial charge in [0.15, 0.2) is 11.4 Å². The highest BCUT2D eigenvalue weighted by Crippen LogP contribution is 2.30. The van der Waals surface area contributed by atoms with Gasteiger partial charge < -0.3 is 4.90 Å². The number of benzene rings is 2. The van der Waals surface area contributed by atoms with E-state index in [1.54, 1.807) is 6.20 Å². The van der Waals surface area contributed by atoms with Gasteiger partial charge in [-0.1, -0.05) is 54.6 Å². The van der Waals surface area contributed by atoms with E-state index in [-0.39, 0.29) is 23.7 Å². The van der Waals surface area contributed by atoms with Crippen LogP contribution in [0, 0.1) is 12.8 Å². The molecule has 0 aliphatic carbocycles. The van der Waals surface area contributed by atoms with Gasteiger partial charge in [-0.15, -0.1) is 0 Å². The smallest absolute Gasteiger partial charge is 0.254 e. The van der Waals surface area contributed by atoms with E-state index >= 15 is 0 Å². The molecule has 4 aromatic rings. The Kier molecular flexibility index (Phi) is 6.20. The third-order valence-corrected chi connectivity index (χ3v) is 6.92. The second-order valence-corrected chi connectivity index (χ2v) is 9.59. The number of carbonyl (C=O) groups excluding carboxylic acids is 2. The van der Waals surface area contributed by atoms with Crippen molar-refractivity contribution in [1.82, 2.24) is 19.7 Å². The van der Waals surface area contributed by atoms with E-state index in [0.717, 1.165) is 33.4 Å². The molecule has 2 aromatic carbocycles. The normalized spacial score (nSPS) is 14.6. The van der Waals surface area contributed by atoms with Crippen LogP contribution in [0.2, 0.25) is 0 Å². The van der Waals surface area contributed by atoms with Gasteiger partial charge in [0.25, 0.3) is 5.91 Å². The second kappa shape index (κ2) is 9.45. The molecule has 1 saturated heterocycles. The first-order valence-corrected chi connectivity index (χ1v) is 12.3. The number of Topliss-reactive ketones (excluding diaryl/α,β-unsaturated/α-hetero) is 1. The van der Waals surface area contributed by atoms with Gasteiger partial charge in [0.05, 0.1) is 22.8 Å². The van der Waals surface area contributed by atoms with Crippen LogP contribution in [-0.2, 0) is 0 Å². The number of ketones is 1. The molecule has 0 bridgehead atoms. The molecular formula is C29H30N4O2. The second-order valence-electron chi connectivity index (χ2n) is 9.59. The van der Waals surface area contributed by atoms with Gasteiger partial charge >= 0.3 is 0 Å². The molecule has 1 amide bonds. The number of aromatic nitrogens is 3. The summed E-state index contributed by atoms with van der Waals surface area (Å²) in [6, 6.07) is 19.5. The van der Waals surface area contributed by atoms with Gasteiger partial charge in [-0.2, -0.15) is 5.10 Å². The van der Waals surface area contributed by atoms with Crippen LogP contribution in [0.4, 0.5) is 0 Å². The molecule has 1 fully saturated rings. The number of carbonyl (C=O) groups is 2. The lowest BCUT2D eigenvalue weighted by molar-refractivity contribution is 0.0652. The van der Waals surface area contributed by atoms with E-state index in [2.05, 4.69) is 31.9 Å². The van der Waals surface area contributed by atoms with Crippen molar-refractivity contribution in [3.05, 3.63) is 83.6 Å². The van der Waals surface area contributed by atoms with E-state index in [1.165, 1.54) is 0 Å². The first-order valence-electron chi connectivity index (χ1n) is 12.3. The van der Waals surface area contributed by atoms with Gasteiger partial charge in [0.1, 0.15) is 0 Å². The lowest BCUT2D eigenvalue weighted by Gasteiger charge is -2.31. The SMILES string of the molecule is Cc1ccccc1-c1cc(C(=O)N2CCC(C(=O)c3ccccc3)CC2)c2cnn(C(C)C)c2n1. The Balaban J connectivity index is 1.46. The maximum absolute atomic E-state index is 13.8. The van der Waals surface area contributed by atoms with Crippen LogP contribution in [0.5, 0.6) is 0 Å². The van der Waals surface area contributed by atoms with E-state index in [0.29, 0.717) is 31.5 Å². The van der Waals surface area contributed by atoms with Gasteiger partial charge in [-0.05, 0) is 45.2 Å². The number of aryl methyl sites for hydroxylation is 1. The zero-order valence-corrected chi connectivity index (χ0v) is 20.4. The van der Waals surface area contributed by atoms with Crippen LogP contribution in [0.15, 0.2) is 66.9 Å². The number of piperidine rings is 1. The Morgan fingerprint density at radius 3 is 2.34 bits per heavy atom. The van der Waals surface area contributed by atoms with Crippen LogP contribution in [0.25, 0.3) is 22.3 Å². The zero-order valence-electron chi connectivity index (χ0n) is 20.4.